The lowest BCUT2D eigenvalue weighted by molar-refractivity contribution is 0.0450. The summed E-state index contributed by atoms with van der Waals surface area (Å²) in [4.78, 5) is 11.7. The van der Waals surface area contributed by atoms with E-state index in [0.29, 0.717) is 12.8 Å². The van der Waals surface area contributed by atoms with Gasteiger partial charge in [-0.2, -0.15) is 0 Å². The Balaban J connectivity index is 1.79. The van der Waals surface area contributed by atoms with Gasteiger partial charge in [0.15, 0.2) is 0 Å². The van der Waals surface area contributed by atoms with Crippen molar-refractivity contribution in [1.82, 2.24) is 5.32 Å². The minimum absolute atomic E-state index is 0.131. The summed E-state index contributed by atoms with van der Waals surface area (Å²) in [5.41, 5.74) is -0.165. The highest BCUT2D eigenvalue weighted by molar-refractivity contribution is 5.67. The minimum Gasteiger partial charge on any atom is -0.445 e. The third-order valence-corrected chi connectivity index (χ3v) is 3.53. The van der Waals surface area contributed by atoms with Crippen molar-refractivity contribution in [3.63, 3.8) is 0 Å². The molecule has 0 heterocycles. The highest BCUT2D eigenvalue weighted by Crippen LogP contribution is 2.27. The van der Waals surface area contributed by atoms with E-state index >= 15 is 0 Å². The number of terminal acetylenes is 1. The summed E-state index contributed by atoms with van der Waals surface area (Å²) in [5.74, 6) is 2.40. The van der Waals surface area contributed by atoms with Crippen molar-refractivity contribution in [3.05, 3.63) is 35.9 Å². The first-order valence-corrected chi connectivity index (χ1v) is 6.79. The molecule has 1 aromatic rings. The maximum atomic E-state index is 11.7. The van der Waals surface area contributed by atoms with E-state index in [4.69, 9.17) is 11.2 Å². The molecule has 2 atom stereocenters. The molecule has 0 aliphatic heterocycles. The van der Waals surface area contributed by atoms with Crippen molar-refractivity contribution in [2.45, 2.75) is 43.9 Å². The summed E-state index contributed by atoms with van der Waals surface area (Å²) < 4.78 is 5.15. The zero-order chi connectivity index (χ0) is 14.4. The first-order chi connectivity index (χ1) is 9.61. The van der Waals surface area contributed by atoms with Gasteiger partial charge in [-0.15, -0.1) is 6.42 Å². The normalized spacial score (nSPS) is 25.5. The Morgan fingerprint density at radius 1 is 1.50 bits per heavy atom. The molecule has 0 aromatic heterocycles. The molecule has 1 saturated carbocycles. The molecule has 4 heteroatoms. The topological polar surface area (TPSA) is 58.6 Å². The number of ether oxygens (including phenoxy) is 1. The quantitative estimate of drug-likeness (QED) is 0.830. The maximum absolute atomic E-state index is 11.7. The van der Waals surface area contributed by atoms with Gasteiger partial charge in [-0.1, -0.05) is 36.3 Å². The number of alkyl carbamates (subject to hydrolysis) is 1. The molecule has 2 unspecified atom stereocenters. The Labute approximate surface area is 119 Å². The van der Waals surface area contributed by atoms with E-state index in [0.717, 1.165) is 18.4 Å². The Morgan fingerprint density at radius 3 is 2.95 bits per heavy atom. The molecule has 1 fully saturated rings. The SMILES string of the molecule is C#CC1(O)CCCC(NC(=O)OCc2ccccc2)C1. The molecular weight excluding hydrogens is 254 g/mol. The van der Waals surface area contributed by atoms with Gasteiger partial charge < -0.3 is 15.2 Å². The van der Waals surface area contributed by atoms with E-state index in [9.17, 15) is 9.90 Å². The van der Waals surface area contributed by atoms with Crippen LogP contribution in [0.15, 0.2) is 30.3 Å². The highest BCUT2D eigenvalue weighted by atomic mass is 16.5. The van der Waals surface area contributed by atoms with Gasteiger partial charge in [0, 0.05) is 12.5 Å². The van der Waals surface area contributed by atoms with Gasteiger partial charge in [-0.25, -0.2) is 4.79 Å². The number of benzene rings is 1. The van der Waals surface area contributed by atoms with Gasteiger partial charge in [-0.3, -0.25) is 0 Å². The zero-order valence-electron chi connectivity index (χ0n) is 11.3. The van der Waals surface area contributed by atoms with Crippen LogP contribution in [0.4, 0.5) is 4.79 Å². The van der Waals surface area contributed by atoms with Gasteiger partial charge in [0.05, 0.1) is 0 Å². The summed E-state index contributed by atoms with van der Waals surface area (Å²) in [7, 11) is 0. The Morgan fingerprint density at radius 2 is 2.25 bits per heavy atom. The fraction of sp³-hybridized carbons (Fsp3) is 0.438. The van der Waals surface area contributed by atoms with Gasteiger partial charge in [0.25, 0.3) is 0 Å². The van der Waals surface area contributed by atoms with Crippen LogP contribution in [0.2, 0.25) is 0 Å². The number of carbonyl (C=O) groups excluding carboxylic acids is 1. The molecule has 2 N–H and O–H groups in total. The number of rotatable bonds is 3. The first kappa shape index (κ1) is 14.4. The molecule has 0 spiro atoms. The average molecular weight is 273 g/mol. The Hall–Kier alpha value is -1.99. The molecule has 1 aliphatic rings. The number of nitrogens with one attached hydrogen (secondary N) is 1. The van der Waals surface area contributed by atoms with Crippen LogP contribution in [-0.4, -0.2) is 22.8 Å². The third kappa shape index (κ3) is 4.01. The predicted octanol–water partition coefficient (Wildman–Crippen LogP) is 2.22. The third-order valence-electron chi connectivity index (χ3n) is 3.53. The molecule has 0 saturated heterocycles. The predicted molar refractivity (Wildman–Crippen MR) is 75.8 cm³/mol. The number of hydrogen-bond donors (Lipinski definition) is 2. The first-order valence-electron chi connectivity index (χ1n) is 6.79. The smallest absolute Gasteiger partial charge is 0.407 e. The highest BCUT2D eigenvalue weighted by Gasteiger charge is 2.33. The fourth-order valence-corrected chi connectivity index (χ4v) is 2.44. The second-order valence-electron chi connectivity index (χ2n) is 5.18. The summed E-state index contributed by atoms with van der Waals surface area (Å²) >= 11 is 0. The summed E-state index contributed by atoms with van der Waals surface area (Å²) in [6, 6.07) is 9.35. The van der Waals surface area contributed by atoms with Crippen molar-refractivity contribution in [1.29, 1.82) is 0 Å². The second-order valence-corrected chi connectivity index (χ2v) is 5.18. The molecule has 1 aromatic carbocycles. The van der Waals surface area contributed by atoms with Crippen molar-refractivity contribution in [2.75, 3.05) is 0 Å². The summed E-state index contributed by atoms with van der Waals surface area (Å²) in [6.45, 7) is 0.235. The van der Waals surface area contributed by atoms with Crippen molar-refractivity contribution in [2.24, 2.45) is 0 Å². The molecule has 0 bridgehead atoms. The largest absolute Gasteiger partial charge is 0.445 e. The molecule has 1 aliphatic carbocycles. The Kier molecular flexibility index (Phi) is 4.65. The van der Waals surface area contributed by atoms with Crippen LogP contribution in [0.5, 0.6) is 0 Å². The lowest BCUT2D eigenvalue weighted by Gasteiger charge is -2.33. The van der Waals surface area contributed by atoms with Crippen LogP contribution >= 0.6 is 0 Å². The van der Waals surface area contributed by atoms with Gasteiger partial charge in [-0.05, 0) is 24.8 Å². The molecule has 0 radical (unpaired) electrons. The molecule has 20 heavy (non-hydrogen) atoms. The molecule has 1 amide bonds. The molecule has 106 valence electrons. The molecule has 2 rings (SSSR count). The van der Waals surface area contributed by atoms with Crippen molar-refractivity contribution >= 4 is 6.09 Å². The van der Waals surface area contributed by atoms with Gasteiger partial charge >= 0.3 is 6.09 Å². The van der Waals surface area contributed by atoms with Crippen LogP contribution in [0, 0.1) is 12.3 Å². The Bertz CT molecular complexity index is 494. The van der Waals surface area contributed by atoms with Crippen molar-refractivity contribution < 1.29 is 14.6 Å². The number of amides is 1. The van der Waals surface area contributed by atoms with E-state index in [-0.39, 0.29) is 12.6 Å². The van der Waals surface area contributed by atoms with Crippen molar-refractivity contribution in [3.8, 4) is 12.3 Å². The molecular formula is C16H19NO3. The fourth-order valence-electron chi connectivity index (χ4n) is 2.44. The molecule has 4 nitrogen and oxygen atoms in total. The number of aliphatic hydroxyl groups is 1. The van der Waals surface area contributed by atoms with Crippen LogP contribution in [0.1, 0.15) is 31.2 Å². The van der Waals surface area contributed by atoms with Crippen LogP contribution in [0.3, 0.4) is 0 Å². The maximum Gasteiger partial charge on any atom is 0.407 e. The van der Waals surface area contributed by atoms with Crippen LogP contribution in [-0.2, 0) is 11.3 Å². The second kappa shape index (κ2) is 6.44. The lowest BCUT2D eigenvalue weighted by Crippen LogP contribution is -2.45. The van der Waals surface area contributed by atoms with Crippen LogP contribution in [0.25, 0.3) is 0 Å². The zero-order valence-corrected chi connectivity index (χ0v) is 11.3. The van der Waals surface area contributed by atoms with Gasteiger partial charge in [0.2, 0.25) is 0 Å². The monoisotopic (exact) mass is 273 g/mol. The van der Waals surface area contributed by atoms with E-state index in [1.807, 2.05) is 30.3 Å². The number of carbonyl (C=O) groups is 1. The van der Waals surface area contributed by atoms with Gasteiger partial charge in [0.1, 0.15) is 12.2 Å². The average Bonchev–Trinajstić information content (AvgIpc) is 2.46. The van der Waals surface area contributed by atoms with E-state index in [1.165, 1.54) is 0 Å². The number of hydrogen-bond acceptors (Lipinski definition) is 3. The summed E-state index contributed by atoms with van der Waals surface area (Å²) in [5, 5.41) is 12.8. The minimum atomic E-state index is -1.10. The lowest BCUT2D eigenvalue weighted by atomic mass is 9.82. The van der Waals surface area contributed by atoms with E-state index in [1.54, 1.807) is 0 Å². The summed E-state index contributed by atoms with van der Waals surface area (Å²) in [6.07, 6.45) is 7.42. The standard InChI is InChI=1S/C16H19NO3/c1-2-16(19)10-6-9-14(11-16)17-15(18)20-12-13-7-4-3-5-8-13/h1,3-5,7-8,14,19H,6,9-12H2,(H,17,18). The van der Waals surface area contributed by atoms with E-state index < -0.39 is 11.7 Å². The van der Waals surface area contributed by atoms with E-state index in [2.05, 4.69) is 11.2 Å². The van der Waals surface area contributed by atoms with Crippen LogP contribution < -0.4 is 5.32 Å².